The molecule has 20 heavy (non-hydrogen) atoms. The lowest BCUT2D eigenvalue weighted by molar-refractivity contribution is 0.0527. The predicted molar refractivity (Wildman–Crippen MR) is 81.9 cm³/mol. The highest BCUT2D eigenvalue weighted by Gasteiger charge is 2.25. The van der Waals surface area contributed by atoms with Crippen LogP contribution in [0, 0.1) is 5.41 Å². The van der Waals surface area contributed by atoms with Crippen LogP contribution in [0.3, 0.4) is 0 Å². The maximum Gasteiger partial charge on any atom is 0.340 e. The number of pyridine rings is 1. The first-order chi connectivity index (χ1) is 9.18. The number of nitrogen functional groups attached to an aromatic ring is 1. The van der Waals surface area contributed by atoms with Gasteiger partial charge in [-0.05, 0) is 25.3 Å². The fraction of sp³-hybridized carbons (Fsp3) is 0.600. The third-order valence-corrected chi connectivity index (χ3v) is 3.61. The van der Waals surface area contributed by atoms with E-state index in [-0.39, 0.29) is 11.5 Å². The van der Waals surface area contributed by atoms with Gasteiger partial charge in [-0.3, -0.25) is 0 Å². The van der Waals surface area contributed by atoms with E-state index in [1.54, 1.807) is 13.0 Å². The highest BCUT2D eigenvalue weighted by Crippen LogP contribution is 2.27. The number of ether oxygens (including phenoxy) is 1. The van der Waals surface area contributed by atoms with Crippen molar-refractivity contribution in [3.63, 3.8) is 0 Å². The molecule has 5 nitrogen and oxygen atoms in total. The maximum atomic E-state index is 11.9. The largest absolute Gasteiger partial charge is 0.462 e. The Morgan fingerprint density at radius 2 is 2.10 bits per heavy atom. The molecule has 0 aliphatic carbocycles. The molecule has 1 aromatic heterocycles. The molecule has 0 spiro atoms. The molecule has 1 unspecified atom stereocenters. The molecule has 1 atom stereocenters. The van der Waals surface area contributed by atoms with E-state index in [9.17, 15) is 4.79 Å². The SMILES string of the molecule is CCOC(=O)c1cc(N(C)C(C)C(C)(C)C)ncc1N. The number of hydrogen-bond acceptors (Lipinski definition) is 5. The molecular weight excluding hydrogens is 254 g/mol. The molecule has 0 fully saturated rings. The summed E-state index contributed by atoms with van der Waals surface area (Å²) < 4.78 is 5.01. The summed E-state index contributed by atoms with van der Waals surface area (Å²) in [7, 11) is 1.96. The van der Waals surface area contributed by atoms with Crippen LogP contribution < -0.4 is 10.6 Å². The number of carbonyl (C=O) groups is 1. The van der Waals surface area contributed by atoms with Gasteiger partial charge in [0.05, 0.1) is 24.1 Å². The number of nitrogens with two attached hydrogens (primary N) is 1. The minimum atomic E-state index is -0.412. The van der Waals surface area contributed by atoms with E-state index < -0.39 is 5.97 Å². The first-order valence-electron chi connectivity index (χ1n) is 6.84. The van der Waals surface area contributed by atoms with Crippen LogP contribution in [0.2, 0.25) is 0 Å². The first kappa shape index (κ1) is 16.3. The van der Waals surface area contributed by atoms with Crippen molar-refractivity contribution in [2.24, 2.45) is 5.41 Å². The van der Waals surface area contributed by atoms with Crippen LogP contribution in [0.4, 0.5) is 11.5 Å². The van der Waals surface area contributed by atoms with E-state index in [1.807, 2.05) is 11.9 Å². The summed E-state index contributed by atoms with van der Waals surface area (Å²) in [5, 5.41) is 0. The molecule has 0 aromatic carbocycles. The number of nitrogens with zero attached hydrogens (tertiary/aromatic N) is 2. The van der Waals surface area contributed by atoms with Gasteiger partial charge in [-0.2, -0.15) is 0 Å². The number of anilines is 2. The normalized spacial score (nSPS) is 12.9. The Morgan fingerprint density at radius 3 is 2.60 bits per heavy atom. The first-order valence-corrected chi connectivity index (χ1v) is 6.84. The summed E-state index contributed by atoms with van der Waals surface area (Å²) in [4.78, 5) is 18.2. The third-order valence-electron chi connectivity index (χ3n) is 3.61. The molecule has 0 amide bonds. The van der Waals surface area contributed by atoms with Gasteiger partial charge < -0.3 is 15.4 Å². The minimum absolute atomic E-state index is 0.0991. The Morgan fingerprint density at radius 1 is 1.50 bits per heavy atom. The standard InChI is InChI=1S/C15H25N3O2/c1-7-20-14(19)11-8-13(17-9-12(11)16)18(6)10(2)15(3,4)5/h8-10H,7,16H2,1-6H3. The lowest BCUT2D eigenvalue weighted by Gasteiger charge is -2.36. The molecule has 0 saturated heterocycles. The van der Waals surface area contributed by atoms with Crippen molar-refractivity contribution >= 4 is 17.5 Å². The van der Waals surface area contributed by atoms with Crippen molar-refractivity contribution < 1.29 is 9.53 Å². The topological polar surface area (TPSA) is 68.5 Å². The molecular formula is C15H25N3O2. The molecule has 0 radical (unpaired) electrons. The van der Waals surface area contributed by atoms with Gasteiger partial charge in [-0.1, -0.05) is 20.8 Å². The van der Waals surface area contributed by atoms with Gasteiger partial charge in [-0.25, -0.2) is 9.78 Å². The summed E-state index contributed by atoms with van der Waals surface area (Å²) in [5.41, 5.74) is 6.60. The summed E-state index contributed by atoms with van der Waals surface area (Å²) in [6.07, 6.45) is 1.51. The van der Waals surface area contributed by atoms with Crippen LogP contribution in [0.1, 0.15) is 45.0 Å². The average molecular weight is 279 g/mol. The van der Waals surface area contributed by atoms with Crippen LogP contribution >= 0.6 is 0 Å². The second kappa shape index (κ2) is 6.11. The van der Waals surface area contributed by atoms with Crippen LogP contribution in [-0.2, 0) is 4.74 Å². The second-order valence-electron chi connectivity index (χ2n) is 6.00. The van der Waals surface area contributed by atoms with Crippen LogP contribution in [-0.4, -0.2) is 30.6 Å². The zero-order chi connectivity index (χ0) is 15.5. The third kappa shape index (κ3) is 3.62. The van der Waals surface area contributed by atoms with Crippen molar-refractivity contribution in [1.82, 2.24) is 4.98 Å². The van der Waals surface area contributed by atoms with Crippen molar-refractivity contribution in [2.45, 2.75) is 40.7 Å². The van der Waals surface area contributed by atoms with E-state index in [0.29, 0.717) is 23.7 Å². The molecule has 112 valence electrons. The Kier molecular flexibility index (Phi) is 4.98. The van der Waals surface area contributed by atoms with Crippen LogP contribution in [0.15, 0.2) is 12.3 Å². The summed E-state index contributed by atoms with van der Waals surface area (Å²) in [6.45, 7) is 10.7. The van der Waals surface area contributed by atoms with Crippen molar-refractivity contribution in [2.75, 3.05) is 24.3 Å². The Balaban J connectivity index is 3.09. The molecule has 0 aliphatic heterocycles. The Hall–Kier alpha value is -1.78. The quantitative estimate of drug-likeness (QED) is 0.858. The molecule has 0 aliphatic rings. The van der Waals surface area contributed by atoms with Gasteiger partial charge in [0.1, 0.15) is 5.82 Å². The highest BCUT2D eigenvalue weighted by atomic mass is 16.5. The highest BCUT2D eigenvalue weighted by molar-refractivity contribution is 5.95. The molecule has 1 aromatic rings. The summed E-state index contributed by atoms with van der Waals surface area (Å²) >= 11 is 0. The number of aromatic nitrogens is 1. The Labute approximate surface area is 121 Å². The predicted octanol–water partition coefficient (Wildman–Crippen LogP) is 2.71. The summed E-state index contributed by atoms with van der Waals surface area (Å²) in [5.74, 6) is 0.301. The molecule has 1 heterocycles. The van der Waals surface area contributed by atoms with E-state index in [1.165, 1.54) is 6.20 Å². The Bertz CT molecular complexity index is 480. The van der Waals surface area contributed by atoms with Crippen LogP contribution in [0.5, 0.6) is 0 Å². The molecule has 1 rings (SSSR count). The lowest BCUT2D eigenvalue weighted by Crippen LogP contribution is -2.39. The number of hydrogen-bond donors (Lipinski definition) is 1. The second-order valence-corrected chi connectivity index (χ2v) is 6.00. The van der Waals surface area contributed by atoms with Gasteiger partial charge >= 0.3 is 5.97 Å². The number of rotatable bonds is 4. The zero-order valence-corrected chi connectivity index (χ0v) is 13.2. The van der Waals surface area contributed by atoms with Crippen molar-refractivity contribution in [3.8, 4) is 0 Å². The zero-order valence-electron chi connectivity index (χ0n) is 13.2. The number of carbonyl (C=O) groups excluding carboxylic acids is 1. The average Bonchev–Trinajstić information content (AvgIpc) is 2.36. The van der Waals surface area contributed by atoms with E-state index >= 15 is 0 Å². The minimum Gasteiger partial charge on any atom is -0.462 e. The molecule has 0 bridgehead atoms. The van der Waals surface area contributed by atoms with Crippen LogP contribution in [0.25, 0.3) is 0 Å². The molecule has 5 heteroatoms. The van der Waals surface area contributed by atoms with E-state index in [0.717, 1.165) is 0 Å². The fourth-order valence-corrected chi connectivity index (χ4v) is 1.81. The fourth-order valence-electron chi connectivity index (χ4n) is 1.81. The molecule has 2 N–H and O–H groups in total. The van der Waals surface area contributed by atoms with Gasteiger partial charge in [0.25, 0.3) is 0 Å². The van der Waals surface area contributed by atoms with Crippen molar-refractivity contribution in [3.05, 3.63) is 17.8 Å². The van der Waals surface area contributed by atoms with Crippen molar-refractivity contribution in [1.29, 1.82) is 0 Å². The van der Waals surface area contributed by atoms with E-state index in [2.05, 4.69) is 32.7 Å². The van der Waals surface area contributed by atoms with Gasteiger partial charge in [-0.15, -0.1) is 0 Å². The van der Waals surface area contributed by atoms with Gasteiger partial charge in [0.2, 0.25) is 0 Å². The summed E-state index contributed by atoms with van der Waals surface area (Å²) in [6, 6.07) is 1.95. The lowest BCUT2D eigenvalue weighted by atomic mass is 9.87. The monoisotopic (exact) mass is 279 g/mol. The smallest absolute Gasteiger partial charge is 0.340 e. The number of esters is 1. The maximum absolute atomic E-state index is 11.9. The van der Waals surface area contributed by atoms with Gasteiger partial charge in [0.15, 0.2) is 0 Å². The van der Waals surface area contributed by atoms with Gasteiger partial charge in [0, 0.05) is 13.1 Å². The van der Waals surface area contributed by atoms with E-state index in [4.69, 9.17) is 10.5 Å². The molecule has 0 saturated carbocycles.